The predicted molar refractivity (Wildman–Crippen MR) is 82.7 cm³/mol. The first kappa shape index (κ1) is 13.8. The van der Waals surface area contributed by atoms with E-state index < -0.39 is 0 Å². The van der Waals surface area contributed by atoms with Crippen molar-refractivity contribution in [2.45, 2.75) is 25.9 Å². The van der Waals surface area contributed by atoms with E-state index in [2.05, 4.69) is 9.55 Å². The molecule has 0 spiro atoms. The molecular formula is C17H18FN3. The summed E-state index contributed by atoms with van der Waals surface area (Å²) in [7, 11) is 0. The molecule has 21 heavy (non-hydrogen) atoms. The van der Waals surface area contributed by atoms with Crippen molar-refractivity contribution in [1.29, 1.82) is 0 Å². The van der Waals surface area contributed by atoms with Gasteiger partial charge in [-0.05, 0) is 43.7 Å². The third kappa shape index (κ3) is 2.43. The number of aryl methyl sites for hydroxylation is 1. The summed E-state index contributed by atoms with van der Waals surface area (Å²) in [5, 5.41) is 0. The van der Waals surface area contributed by atoms with E-state index in [4.69, 9.17) is 5.73 Å². The molecule has 2 atom stereocenters. The Morgan fingerprint density at radius 2 is 1.90 bits per heavy atom. The number of benzene rings is 2. The minimum Gasteiger partial charge on any atom is -0.326 e. The van der Waals surface area contributed by atoms with Gasteiger partial charge in [-0.15, -0.1) is 0 Å². The van der Waals surface area contributed by atoms with Gasteiger partial charge in [0.1, 0.15) is 11.6 Å². The molecule has 4 heteroatoms. The Balaban J connectivity index is 2.23. The first-order valence-corrected chi connectivity index (χ1v) is 7.02. The maximum Gasteiger partial charge on any atom is 0.123 e. The molecule has 0 bridgehead atoms. The quantitative estimate of drug-likeness (QED) is 0.800. The largest absolute Gasteiger partial charge is 0.326 e. The average Bonchev–Trinajstić information content (AvgIpc) is 2.76. The number of rotatable bonds is 3. The van der Waals surface area contributed by atoms with E-state index in [-0.39, 0.29) is 17.9 Å². The molecule has 1 heterocycles. The summed E-state index contributed by atoms with van der Waals surface area (Å²) in [6.45, 7) is 3.89. The van der Waals surface area contributed by atoms with Crippen molar-refractivity contribution in [2.24, 2.45) is 5.73 Å². The van der Waals surface area contributed by atoms with Gasteiger partial charge in [-0.3, -0.25) is 0 Å². The van der Waals surface area contributed by atoms with Crippen LogP contribution in [0.4, 0.5) is 4.39 Å². The number of aromatic nitrogens is 2. The number of halogens is 1. The minimum absolute atomic E-state index is 0.145. The number of hydrogen-bond donors (Lipinski definition) is 1. The fourth-order valence-corrected chi connectivity index (χ4v) is 2.89. The van der Waals surface area contributed by atoms with Crippen molar-refractivity contribution in [3.8, 4) is 0 Å². The molecule has 0 saturated carbocycles. The lowest BCUT2D eigenvalue weighted by atomic mass is 10.00. The van der Waals surface area contributed by atoms with Crippen LogP contribution in [0.15, 0.2) is 48.5 Å². The zero-order valence-corrected chi connectivity index (χ0v) is 12.1. The summed E-state index contributed by atoms with van der Waals surface area (Å²) in [5.41, 5.74) is 9.00. The van der Waals surface area contributed by atoms with Gasteiger partial charge in [0.25, 0.3) is 0 Å². The monoisotopic (exact) mass is 283 g/mol. The molecule has 3 nitrogen and oxygen atoms in total. The van der Waals surface area contributed by atoms with Crippen molar-refractivity contribution >= 4 is 11.0 Å². The van der Waals surface area contributed by atoms with Crippen LogP contribution in [0.25, 0.3) is 11.0 Å². The molecule has 0 amide bonds. The summed E-state index contributed by atoms with van der Waals surface area (Å²) < 4.78 is 15.7. The molecule has 2 N–H and O–H groups in total. The van der Waals surface area contributed by atoms with Crippen LogP contribution < -0.4 is 5.73 Å². The van der Waals surface area contributed by atoms with Gasteiger partial charge in [0.2, 0.25) is 0 Å². The van der Waals surface area contributed by atoms with Crippen LogP contribution in [0.1, 0.15) is 24.4 Å². The molecule has 3 rings (SSSR count). The Bertz CT molecular complexity index is 777. The van der Waals surface area contributed by atoms with Crippen LogP contribution in [0.5, 0.6) is 0 Å². The zero-order valence-electron chi connectivity index (χ0n) is 12.1. The smallest absolute Gasteiger partial charge is 0.123 e. The second-order valence-corrected chi connectivity index (χ2v) is 5.38. The summed E-state index contributed by atoms with van der Waals surface area (Å²) in [6.07, 6.45) is 0. The third-order valence-corrected chi connectivity index (χ3v) is 3.74. The highest BCUT2D eigenvalue weighted by Gasteiger charge is 2.22. The van der Waals surface area contributed by atoms with Gasteiger partial charge in [0.15, 0.2) is 0 Å². The normalized spacial score (nSPS) is 14.3. The van der Waals surface area contributed by atoms with Gasteiger partial charge in [-0.2, -0.15) is 0 Å². The highest BCUT2D eigenvalue weighted by Crippen LogP contribution is 2.28. The number of fused-ring (bicyclic) bond motifs is 1. The van der Waals surface area contributed by atoms with Crippen molar-refractivity contribution < 1.29 is 4.39 Å². The Morgan fingerprint density at radius 3 is 2.62 bits per heavy atom. The van der Waals surface area contributed by atoms with Crippen molar-refractivity contribution in [2.75, 3.05) is 0 Å². The first-order valence-electron chi connectivity index (χ1n) is 7.02. The fraction of sp³-hybridized carbons (Fsp3) is 0.235. The summed E-state index contributed by atoms with van der Waals surface area (Å²) in [6, 6.07) is 14.2. The van der Waals surface area contributed by atoms with E-state index in [0.717, 1.165) is 22.4 Å². The summed E-state index contributed by atoms with van der Waals surface area (Å²) in [4.78, 5) is 4.58. The molecule has 0 fully saturated rings. The lowest BCUT2D eigenvalue weighted by molar-refractivity contribution is 0.494. The Kier molecular flexibility index (Phi) is 3.47. The highest BCUT2D eigenvalue weighted by atomic mass is 19.1. The Morgan fingerprint density at radius 1 is 1.14 bits per heavy atom. The Hall–Kier alpha value is -2.20. The van der Waals surface area contributed by atoms with E-state index in [1.165, 1.54) is 6.07 Å². The molecule has 2 unspecified atom stereocenters. The van der Waals surface area contributed by atoms with Gasteiger partial charge in [-0.1, -0.05) is 24.3 Å². The number of para-hydroxylation sites is 2. The molecule has 0 aliphatic rings. The topological polar surface area (TPSA) is 43.8 Å². The fourth-order valence-electron chi connectivity index (χ4n) is 2.89. The van der Waals surface area contributed by atoms with Crippen molar-refractivity contribution in [3.05, 3.63) is 65.7 Å². The van der Waals surface area contributed by atoms with E-state index in [0.29, 0.717) is 0 Å². The van der Waals surface area contributed by atoms with Crippen LogP contribution in [0.2, 0.25) is 0 Å². The SMILES string of the molecule is Cc1nc2ccccc2n1C(c1cccc(F)c1)C(C)N. The molecule has 0 aliphatic heterocycles. The van der Waals surface area contributed by atoms with Crippen LogP contribution in [-0.4, -0.2) is 15.6 Å². The van der Waals surface area contributed by atoms with E-state index in [1.807, 2.05) is 44.2 Å². The van der Waals surface area contributed by atoms with Crippen LogP contribution >= 0.6 is 0 Å². The maximum absolute atomic E-state index is 13.6. The zero-order chi connectivity index (χ0) is 15.0. The number of hydrogen-bond acceptors (Lipinski definition) is 2. The number of imidazole rings is 1. The second kappa shape index (κ2) is 5.30. The summed E-state index contributed by atoms with van der Waals surface area (Å²) >= 11 is 0. The van der Waals surface area contributed by atoms with Crippen LogP contribution in [-0.2, 0) is 0 Å². The molecular weight excluding hydrogens is 265 g/mol. The van der Waals surface area contributed by atoms with Crippen molar-refractivity contribution in [3.63, 3.8) is 0 Å². The number of nitrogens with two attached hydrogens (primary N) is 1. The molecule has 2 aromatic carbocycles. The minimum atomic E-state index is -0.250. The van der Waals surface area contributed by atoms with E-state index in [1.54, 1.807) is 12.1 Å². The highest BCUT2D eigenvalue weighted by molar-refractivity contribution is 5.76. The molecule has 108 valence electrons. The predicted octanol–water partition coefficient (Wildman–Crippen LogP) is 3.42. The van der Waals surface area contributed by atoms with Gasteiger partial charge in [0, 0.05) is 6.04 Å². The summed E-state index contributed by atoms with van der Waals surface area (Å²) in [5.74, 6) is 0.628. The molecule has 1 aromatic heterocycles. The van der Waals surface area contributed by atoms with Gasteiger partial charge in [0.05, 0.1) is 17.1 Å². The number of nitrogens with zero attached hydrogens (tertiary/aromatic N) is 2. The van der Waals surface area contributed by atoms with Crippen LogP contribution in [0, 0.1) is 12.7 Å². The lowest BCUT2D eigenvalue weighted by Crippen LogP contribution is -2.31. The van der Waals surface area contributed by atoms with Gasteiger partial charge < -0.3 is 10.3 Å². The third-order valence-electron chi connectivity index (χ3n) is 3.74. The second-order valence-electron chi connectivity index (χ2n) is 5.38. The molecule has 0 saturated heterocycles. The van der Waals surface area contributed by atoms with Gasteiger partial charge in [-0.25, -0.2) is 9.37 Å². The molecule has 3 aromatic rings. The Labute approximate surface area is 123 Å². The molecule has 0 radical (unpaired) electrons. The molecule has 0 aliphatic carbocycles. The van der Waals surface area contributed by atoms with E-state index >= 15 is 0 Å². The maximum atomic E-state index is 13.6. The van der Waals surface area contributed by atoms with Gasteiger partial charge >= 0.3 is 0 Å². The lowest BCUT2D eigenvalue weighted by Gasteiger charge is -2.25. The van der Waals surface area contributed by atoms with Crippen LogP contribution in [0.3, 0.4) is 0 Å². The average molecular weight is 283 g/mol. The first-order chi connectivity index (χ1) is 10.1. The van der Waals surface area contributed by atoms with E-state index in [9.17, 15) is 4.39 Å². The standard InChI is InChI=1S/C17H18FN3/c1-11(19)17(13-6-5-7-14(18)10-13)21-12(2)20-15-8-3-4-9-16(15)21/h3-11,17H,19H2,1-2H3. The van der Waals surface area contributed by atoms with Crippen molar-refractivity contribution in [1.82, 2.24) is 9.55 Å².